The quantitative estimate of drug-likeness (QED) is 0.237. The van der Waals surface area contributed by atoms with Gasteiger partial charge in [-0.15, -0.1) is 0 Å². The van der Waals surface area contributed by atoms with Crippen LogP contribution in [0, 0.1) is 17.0 Å². The number of aryl methyl sites for hydroxylation is 1. The molecule has 0 aromatic heterocycles. The van der Waals surface area contributed by atoms with Crippen molar-refractivity contribution >= 4 is 66.5 Å². The fourth-order valence-corrected chi connectivity index (χ4v) is 3.84. The van der Waals surface area contributed by atoms with E-state index in [1.54, 1.807) is 6.07 Å². The number of anilines is 1. The molecule has 2 aromatic carbocycles. The number of phenols is 1. The molecule has 0 aliphatic rings. The lowest BCUT2D eigenvalue weighted by molar-refractivity contribution is -0.384. The van der Waals surface area contributed by atoms with E-state index in [4.69, 9.17) is 17.0 Å². The predicted octanol–water partition coefficient (Wildman–Crippen LogP) is 4.03. The number of carbonyl (C=O) groups is 1. The summed E-state index contributed by atoms with van der Waals surface area (Å²) in [5.41, 5.74) is 0.690. The van der Waals surface area contributed by atoms with E-state index in [1.807, 2.05) is 13.0 Å². The van der Waals surface area contributed by atoms with Crippen molar-refractivity contribution in [3.05, 3.63) is 55.0 Å². The minimum absolute atomic E-state index is 0.0839. The second-order valence-electron chi connectivity index (χ2n) is 5.28. The van der Waals surface area contributed by atoms with Crippen LogP contribution < -0.4 is 15.4 Å². The number of hydrogen-bond acceptors (Lipinski definition) is 6. The maximum atomic E-state index is 12.0. The smallest absolute Gasteiger partial charge is 0.273 e. The summed E-state index contributed by atoms with van der Waals surface area (Å²) in [7, 11) is 0. The topological polar surface area (TPSA) is 114 Å². The zero-order chi connectivity index (χ0) is 20.1. The lowest BCUT2D eigenvalue weighted by atomic mass is 10.2. The number of ether oxygens (including phenoxy) is 1. The minimum Gasteiger partial charge on any atom is -0.506 e. The average molecular weight is 519 g/mol. The number of carbonyl (C=O) groups excluding carboxylic acids is 1. The standard InChI is InChI=1S/C16H13Br2N3O5S/c1-8-4-9(17)5-11(18)15(8)26-7-14(23)20-16(27)19-12-3-2-10(21(24)25)6-13(12)22/h2-6,22H,7H2,1H3,(H2,19,20,23,27). The molecular formula is C16H13Br2N3O5S. The maximum Gasteiger partial charge on any atom is 0.273 e. The first-order valence-electron chi connectivity index (χ1n) is 7.34. The van der Waals surface area contributed by atoms with E-state index < -0.39 is 10.8 Å². The summed E-state index contributed by atoms with van der Waals surface area (Å²) in [4.78, 5) is 22.0. The van der Waals surface area contributed by atoms with E-state index >= 15 is 0 Å². The molecular weight excluding hydrogens is 506 g/mol. The number of phenolic OH excluding ortho intramolecular Hbond substituents is 1. The van der Waals surface area contributed by atoms with Crippen LogP contribution in [0.1, 0.15) is 5.56 Å². The number of amides is 1. The number of rotatable bonds is 5. The monoisotopic (exact) mass is 517 g/mol. The molecule has 0 saturated heterocycles. The average Bonchev–Trinajstić information content (AvgIpc) is 2.55. The van der Waals surface area contributed by atoms with Crippen molar-refractivity contribution in [1.29, 1.82) is 0 Å². The highest BCUT2D eigenvalue weighted by molar-refractivity contribution is 9.11. The van der Waals surface area contributed by atoms with Crippen molar-refractivity contribution in [1.82, 2.24) is 5.32 Å². The van der Waals surface area contributed by atoms with Crippen LogP contribution in [0.3, 0.4) is 0 Å². The molecule has 0 bridgehead atoms. The van der Waals surface area contributed by atoms with Crippen molar-refractivity contribution in [2.45, 2.75) is 6.92 Å². The highest BCUT2D eigenvalue weighted by Gasteiger charge is 2.13. The highest BCUT2D eigenvalue weighted by Crippen LogP contribution is 2.32. The molecule has 0 aliphatic carbocycles. The first-order chi connectivity index (χ1) is 12.7. The molecule has 142 valence electrons. The van der Waals surface area contributed by atoms with Crippen molar-refractivity contribution in [2.24, 2.45) is 0 Å². The Kier molecular flexibility index (Phi) is 7.11. The SMILES string of the molecule is Cc1cc(Br)cc(Br)c1OCC(=O)NC(=S)Nc1ccc([N+](=O)[O-])cc1O. The second-order valence-corrected chi connectivity index (χ2v) is 7.46. The number of nitrogens with one attached hydrogen (secondary N) is 2. The van der Waals surface area contributed by atoms with Crippen LogP contribution in [0.5, 0.6) is 11.5 Å². The van der Waals surface area contributed by atoms with Crippen molar-refractivity contribution in [3.63, 3.8) is 0 Å². The summed E-state index contributed by atoms with van der Waals surface area (Å²) < 4.78 is 7.08. The van der Waals surface area contributed by atoms with E-state index in [-0.39, 0.29) is 28.8 Å². The van der Waals surface area contributed by atoms with Gasteiger partial charge in [-0.2, -0.15) is 0 Å². The number of nitro benzene ring substituents is 1. The van der Waals surface area contributed by atoms with Crippen LogP contribution in [0.4, 0.5) is 11.4 Å². The van der Waals surface area contributed by atoms with Gasteiger partial charge in [0, 0.05) is 10.5 Å². The Morgan fingerprint density at radius 2 is 2.04 bits per heavy atom. The van der Waals surface area contributed by atoms with Crippen molar-refractivity contribution in [3.8, 4) is 11.5 Å². The van der Waals surface area contributed by atoms with Gasteiger partial charge in [0.05, 0.1) is 21.1 Å². The summed E-state index contributed by atoms with van der Waals surface area (Å²) in [6, 6.07) is 7.10. The van der Waals surface area contributed by atoms with Gasteiger partial charge in [0.15, 0.2) is 11.7 Å². The van der Waals surface area contributed by atoms with E-state index in [9.17, 15) is 20.0 Å². The predicted molar refractivity (Wildman–Crippen MR) is 111 cm³/mol. The van der Waals surface area contributed by atoms with Crippen LogP contribution in [-0.4, -0.2) is 27.7 Å². The van der Waals surface area contributed by atoms with Crippen LogP contribution >= 0.6 is 44.1 Å². The van der Waals surface area contributed by atoms with Crippen LogP contribution in [-0.2, 0) is 4.79 Å². The maximum absolute atomic E-state index is 12.0. The van der Waals surface area contributed by atoms with Gasteiger partial charge in [0.1, 0.15) is 11.5 Å². The van der Waals surface area contributed by atoms with E-state index in [1.165, 1.54) is 12.1 Å². The molecule has 27 heavy (non-hydrogen) atoms. The first kappa shape index (κ1) is 21.1. The molecule has 0 heterocycles. The number of benzene rings is 2. The Bertz CT molecular complexity index is 900. The number of non-ortho nitro benzene ring substituents is 1. The zero-order valence-electron chi connectivity index (χ0n) is 13.8. The lowest BCUT2D eigenvalue weighted by Gasteiger charge is -2.13. The molecule has 0 unspecified atom stereocenters. The van der Waals surface area contributed by atoms with E-state index in [0.29, 0.717) is 10.2 Å². The Morgan fingerprint density at radius 3 is 2.63 bits per heavy atom. The van der Waals surface area contributed by atoms with Gasteiger partial charge in [-0.05, 0) is 58.8 Å². The number of hydrogen-bond donors (Lipinski definition) is 3. The molecule has 3 N–H and O–H groups in total. The van der Waals surface area contributed by atoms with Gasteiger partial charge in [0.2, 0.25) is 0 Å². The van der Waals surface area contributed by atoms with E-state index in [2.05, 4.69) is 42.5 Å². The normalized spacial score (nSPS) is 10.2. The van der Waals surface area contributed by atoms with Gasteiger partial charge >= 0.3 is 0 Å². The van der Waals surface area contributed by atoms with Crippen molar-refractivity contribution in [2.75, 3.05) is 11.9 Å². The van der Waals surface area contributed by atoms with Crippen LogP contribution in [0.2, 0.25) is 0 Å². The molecule has 0 atom stereocenters. The molecule has 0 spiro atoms. The largest absolute Gasteiger partial charge is 0.506 e. The molecule has 1 amide bonds. The summed E-state index contributed by atoms with van der Waals surface area (Å²) >= 11 is 11.7. The fraction of sp³-hybridized carbons (Fsp3) is 0.125. The lowest BCUT2D eigenvalue weighted by Crippen LogP contribution is -2.37. The summed E-state index contributed by atoms with van der Waals surface area (Å²) in [5, 5.41) is 25.4. The Hall–Kier alpha value is -2.24. The molecule has 0 saturated carbocycles. The van der Waals surface area contributed by atoms with Gasteiger partial charge in [-0.3, -0.25) is 20.2 Å². The molecule has 2 aromatic rings. The van der Waals surface area contributed by atoms with Gasteiger partial charge in [0.25, 0.3) is 11.6 Å². The van der Waals surface area contributed by atoms with Crippen LogP contribution in [0.15, 0.2) is 39.3 Å². The Labute approximate surface area is 176 Å². The Balaban J connectivity index is 1.93. The summed E-state index contributed by atoms with van der Waals surface area (Å²) in [6.45, 7) is 1.56. The van der Waals surface area contributed by atoms with Crippen LogP contribution in [0.25, 0.3) is 0 Å². The second kappa shape index (κ2) is 9.11. The third-order valence-corrected chi connectivity index (χ3v) is 4.49. The van der Waals surface area contributed by atoms with Gasteiger partial charge < -0.3 is 15.2 Å². The number of halogens is 2. The zero-order valence-corrected chi connectivity index (χ0v) is 17.8. The molecule has 0 aliphatic heterocycles. The molecule has 0 fully saturated rings. The molecule has 8 nitrogen and oxygen atoms in total. The summed E-state index contributed by atoms with van der Waals surface area (Å²) in [6.07, 6.45) is 0. The highest BCUT2D eigenvalue weighted by atomic mass is 79.9. The first-order valence-corrected chi connectivity index (χ1v) is 9.33. The fourth-order valence-electron chi connectivity index (χ4n) is 2.07. The molecule has 0 radical (unpaired) electrons. The summed E-state index contributed by atoms with van der Waals surface area (Å²) in [5.74, 6) is -0.352. The molecule has 11 heteroatoms. The Morgan fingerprint density at radius 1 is 1.33 bits per heavy atom. The third kappa shape index (κ3) is 5.88. The number of thiocarbonyl (C=S) groups is 1. The number of nitro groups is 1. The van der Waals surface area contributed by atoms with Crippen molar-refractivity contribution < 1.29 is 19.6 Å². The minimum atomic E-state index is -0.636. The number of aromatic hydroxyl groups is 1. The third-order valence-electron chi connectivity index (χ3n) is 3.23. The van der Waals surface area contributed by atoms with E-state index in [0.717, 1.165) is 16.1 Å². The molecule has 2 rings (SSSR count). The number of nitrogens with zero attached hydrogens (tertiary/aromatic N) is 1. The van der Waals surface area contributed by atoms with Gasteiger partial charge in [-0.1, -0.05) is 15.9 Å². The van der Waals surface area contributed by atoms with Gasteiger partial charge in [-0.25, -0.2) is 0 Å².